The lowest BCUT2D eigenvalue weighted by atomic mass is 10.1. The molecule has 0 aliphatic heterocycles. The summed E-state index contributed by atoms with van der Waals surface area (Å²) in [6.07, 6.45) is 4.35. The molecule has 0 amide bonds. The Morgan fingerprint density at radius 2 is 1.88 bits per heavy atom. The first-order chi connectivity index (χ1) is 16.0. The van der Waals surface area contributed by atoms with Crippen LogP contribution in [0, 0.1) is 6.92 Å². The van der Waals surface area contributed by atoms with Crippen molar-refractivity contribution in [3.8, 4) is 11.3 Å². The number of aliphatic hydroxyl groups excluding tert-OH is 1. The number of hydrogen-bond donors (Lipinski definition) is 3. The molecule has 7 heteroatoms. The SMILES string of the molecule is C=CN(c1nc(NC(CC)CO)nc(NCc2ccc(-c3ccccn3)cc2)c1C)C(C)C. The van der Waals surface area contributed by atoms with Gasteiger partial charge in [0.15, 0.2) is 0 Å². The molecular formula is C26H34N6O. The van der Waals surface area contributed by atoms with Crippen LogP contribution in [0.3, 0.4) is 0 Å². The summed E-state index contributed by atoms with van der Waals surface area (Å²) in [7, 11) is 0. The van der Waals surface area contributed by atoms with Gasteiger partial charge >= 0.3 is 0 Å². The van der Waals surface area contributed by atoms with Crippen molar-refractivity contribution in [3.05, 3.63) is 72.6 Å². The van der Waals surface area contributed by atoms with Crippen LogP contribution in [-0.4, -0.2) is 38.7 Å². The molecule has 0 fully saturated rings. The Labute approximate surface area is 196 Å². The van der Waals surface area contributed by atoms with Gasteiger partial charge in [-0.3, -0.25) is 4.98 Å². The lowest BCUT2D eigenvalue weighted by Crippen LogP contribution is -2.29. The highest BCUT2D eigenvalue weighted by molar-refractivity contribution is 5.63. The van der Waals surface area contributed by atoms with Crippen LogP contribution in [0.5, 0.6) is 0 Å². The van der Waals surface area contributed by atoms with Crippen molar-refractivity contribution in [2.24, 2.45) is 0 Å². The molecule has 0 spiro atoms. The Balaban J connectivity index is 1.85. The monoisotopic (exact) mass is 446 g/mol. The zero-order chi connectivity index (χ0) is 23.8. The topological polar surface area (TPSA) is 86.2 Å². The molecule has 0 bridgehead atoms. The summed E-state index contributed by atoms with van der Waals surface area (Å²) in [4.78, 5) is 15.9. The fraction of sp³-hybridized carbons (Fsp3) is 0.346. The van der Waals surface area contributed by atoms with E-state index in [0.717, 1.165) is 40.4 Å². The normalized spacial score (nSPS) is 11.8. The summed E-state index contributed by atoms with van der Waals surface area (Å²) in [5.41, 5.74) is 4.11. The van der Waals surface area contributed by atoms with Crippen LogP contribution in [0.2, 0.25) is 0 Å². The smallest absolute Gasteiger partial charge is 0.226 e. The highest BCUT2D eigenvalue weighted by Crippen LogP contribution is 2.28. The van der Waals surface area contributed by atoms with Gasteiger partial charge in [0.2, 0.25) is 5.95 Å². The molecule has 2 heterocycles. The molecular weight excluding hydrogens is 412 g/mol. The number of rotatable bonds is 11. The van der Waals surface area contributed by atoms with Crippen molar-refractivity contribution in [2.75, 3.05) is 22.1 Å². The Morgan fingerprint density at radius 3 is 2.45 bits per heavy atom. The van der Waals surface area contributed by atoms with Crippen LogP contribution < -0.4 is 15.5 Å². The Hall–Kier alpha value is -3.45. The average Bonchev–Trinajstić information content (AvgIpc) is 2.84. The first-order valence-corrected chi connectivity index (χ1v) is 11.4. The second kappa shape index (κ2) is 11.4. The van der Waals surface area contributed by atoms with Crippen molar-refractivity contribution in [1.29, 1.82) is 0 Å². The Kier molecular flexibility index (Phi) is 8.38. The summed E-state index contributed by atoms with van der Waals surface area (Å²) in [5.74, 6) is 2.02. The van der Waals surface area contributed by atoms with Gasteiger partial charge in [-0.2, -0.15) is 9.97 Å². The number of nitrogens with zero attached hydrogens (tertiary/aromatic N) is 4. The van der Waals surface area contributed by atoms with Gasteiger partial charge in [-0.1, -0.05) is 43.8 Å². The van der Waals surface area contributed by atoms with Gasteiger partial charge in [0, 0.05) is 29.9 Å². The Bertz CT molecular complexity index is 1030. The van der Waals surface area contributed by atoms with Gasteiger partial charge in [0.1, 0.15) is 11.6 Å². The molecule has 1 unspecified atom stereocenters. The maximum atomic E-state index is 9.62. The van der Waals surface area contributed by atoms with E-state index < -0.39 is 0 Å². The van der Waals surface area contributed by atoms with Crippen LogP contribution in [0.4, 0.5) is 17.6 Å². The predicted molar refractivity (Wildman–Crippen MR) is 136 cm³/mol. The van der Waals surface area contributed by atoms with E-state index >= 15 is 0 Å². The highest BCUT2D eigenvalue weighted by atomic mass is 16.3. The van der Waals surface area contributed by atoms with E-state index in [0.29, 0.717) is 12.5 Å². The molecule has 0 radical (unpaired) electrons. The van der Waals surface area contributed by atoms with E-state index in [1.807, 2.05) is 36.9 Å². The number of aliphatic hydroxyl groups is 1. The van der Waals surface area contributed by atoms with Crippen molar-refractivity contribution in [2.45, 2.75) is 52.7 Å². The van der Waals surface area contributed by atoms with E-state index in [1.54, 1.807) is 12.4 Å². The fourth-order valence-electron chi connectivity index (χ4n) is 3.51. The van der Waals surface area contributed by atoms with Crippen molar-refractivity contribution < 1.29 is 5.11 Å². The van der Waals surface area contributed by atoms with Gasteiger partial charge in [0.05, 0.1) is 18.3 Å². The first kappa shape index (κ1) is 24.2. The van der Waals surface area contributed by atoms with E-state index in [1.165, 1.54) is 0 Å². The van der Waals surface area contributed by atoms with Gasteiger partial charge in [-0.25, -0.2) is 0 Å². The van der Waals surface area contributed by atoms with Crippen LogP contribution in [0.1, 0.15) is 38.3 Å². The molecule has 33 heavy (non-hydrogen) atoms. The molecule has 0 saturated heterocycles. The minimum atomic E-state index is -0.108. The van der Waals surface area contributed by atoms with Gasteiger partial charge < -0.3 is 20.6 Å². The molecule has 174 valence electrons. The molecule has 1 atom stereocenters. The Morgan fingerprint density at radius 1 is 1.12 bits per heavy atom. The third kappa shape index (κ3) is 6.08. The van der Waals surface area contributed by atoms with Crippen LogP contribution in [-0.2, 0) is 6.54 Å². The second-order valence-corrected chi connectivity index (χ2v) is 8.23. The standard InChI is InChI=1S/C26H34N6O/c1-6-22(17-33)29-26-30-24(19(5)25(31-26)32(7-2)18(3)4)28-16-20-11-13-21(14-12-20)23-10-8-9-15-27-23/h7-15,18,22,33H,2,6,16-17H2,1,3-5H3,(H2,28,29,30,31). The highest BCUT2D eigenvalue weighted by Gasteiger charge is 2.18. The summed E-state index contributed by atoms with van der Waals surface area (Å²) in [6.45, 7) is 12.8. The van der Waals surface area contributed by atoms with Crippen molar-refractivity contribution >= 4 is 17.6 Å². The van der Waals surface area contributed by atoms with Crippen molar-refractivity contribution in [1.82, 2.24) is 15.0 Å². The van der Waals surface area contributed by atoms with E-state index in [4.69, 9.17) is 9.97 Å². The first-order valence-electron chi connectivity index (χ1n) is 11.4. The summed E-state index contributed by atoms with van der Waals surface area (Å²) < 4.78 is 0. The van der Waals surface area contributed by atoms with Crippen LogP contribution in [0.25, 0.3) is 11.3 Å². The quantitative estimate of drug-likeness (QED) is 0.382. The lowest BCUT2D eigenvalue weighted by molar-refractivity contribution is 0.271. The molecule has 0 aliphatic carbocycles. The molecule has 0 aliphatic rings. The number of pyridine rings is 1. The number of benzene rings is 1. The van der Waals surface area contributed by atoms with Gasteiger partial charge in [-0.15, -0.1) is 0 Å². The fourth-order valence-corrected chi connectivity index (χ4v) is 3.51. The number of anilines is 3. The predicted octanol–water partition coefficient (Wildman–Crippen LogP) is 5.00. The second-order valence-electron chi connectivity index (χ2n) is 8.23. The van der Waals surface area contributed by atoms with Gasteiger partial charge in [0.25, 0.3) is 0 Å². The average molecular weight is 447 g/mol. The molecule has 2 aromatic heterocycles. The molecule has 3 N–H and O–H groups in total. The minimum Gasteiger partial charge on any atom is -0.394 e. The lowest BCUT2D eigenvalue weighted by Gasteiger charge is -2.27. The number of aromatic nitrogens is 3. The van der Waals surface area contributed by atoms with E-state index in [9.17, 15) is 5.11 Å². The summed E-state index contributed by atoms with van der Waals surface area (Å²) >= 11 is 0. The van der Waals surface area contributed by atoms with E-state index in [-0.39, 0.29) is 18.7 Å². The zero-order valence-corrected chi connectivity index (χ0v) is 19.9. The summed E-state index contributed by atoms with van der Waals surface area (Å²) in [6, 6.07) is 14.3. The minimum absolute atomic E-state index is 0.0177. The number of nitrogens with one attached hydrogen (secondary N) is 2. The van der Waals surface area contributed by atoms with Crippen LogP contribution in [0.15, 0.2) is 61.4 Å². The zero-order valence-electron chi connectivity index (χ0n) is 19.9. The molecule has 7 nitrogen and oxygen atoms in total. The van der Waals surface area contributed by atoms with Gasteiger partial charge in [-0.05, 0) is 51.1 Å². The summed E-state index contributed by atoms with van der Waals surface area (Å²) in [5, 5.41) is 16.3. The molecule has 3 aromatic rings. The molecule has 3 rings (SSSR count). The third-order valence-electron chi connectivity index (χ3n) is 5.54. The maximum absolute atomic E-state index is 9.62. The largest absolute Gasteiger partial charge is 0.394 e. The molecule has 0 saturated carbocycles. The van der Waals surface area contributed by atoms with E-state index in [2.05, 4.69) is 60.3 Å². The van der Waals surface area contributed by atoms with Crippen LogP contribution >= 0.6 is 0 Å². The molecule has 1 aromatic carbocycles. The van der Waals surface area contributed by atoms with Crippen molar-refractivity contribution in [3.63, 3.8) is 0 Å². The maximum Gasteiger partial charge on any atom is 0.226 e. The number of hydrogen-bond acceptors (Lipinski definition) is 7. The third-order valence-corrected chi connectivity index (χ3v) is 5.54.